The molecule has 2 N–H and O–H groups in total. The first kappa shape index (κ1) is 15.4. The summed E-state index contributed by atoms with van der Waals surface area (Å²) in [4.78, 5) is 21.0. The second-order valence-electron chi connectivity index (χ2n) is 2.96. The van der Waals surface area contributed by atoms with Crippen LogP contribution >= 0.6 is 0 Å². The zero-order valence-corrected chi connectivity index (χ0v) is 10.4. The zero-order chi connectivity index (χ0) is 9.72. The van der Waals surface area contributed by atoms with Gasteiger partial charge >= 0.3 is 29.6 Å². The molecule has 2 unspecified atom stereocenters. The summed E-state index contributed by atoms with van der Waals surface area (Å²) in [6.07, 6.45) is 0.848. The number of hydrogen-bond donors (Lipinski definition) is 1. The summed E-state index contributed by atoms with van der Waals surface area (Å²) < 4.78 is 0. The summed E-state index contributed by atoms with van der Waals surface area (Å²) in [6, 6.07) is 0. The van der Waals surface area contributed by atoms with Crippen molar-refractivity contribution in [2.45, 2.75) is 26.7 Å². The van der Waals surface area contributed by atoms with Crippen LogP contribution < -0.4 is 40.4 Å². The Hall–Kier alpha value is -0.0600. The second-order valence-corrected chi connectivity index (χ2v) is 2.96. The van der Waals surface area contributed by atoms with Gasteiger partial charge < -0.3 is 15.6 Å². The van der Waals surface area contributed by atoms with E-state index >= 15 is 0 Å². The number of amides is 1. The number of aliphatic carboxylic acids is 1. The Morgan fingerprint density at radius 3 is 2.15 bits per heavy atom. The molecule has 13 heavy (non-hydrogen) atoms. The van der Waals surface area contributed by atoms with E-state index in [1.54, 1.807) is 6.92 Å². The SMILES string of the molecule is CCC(CC(C)C(=O)[O-])C(N)=O.[Na+]. The first-order valence-corrected chi connectivity index (χ1v) is 3.99. The zero-order valence-electron chi connectivity index (χ0n) is 8.37. The van der Waals surface area contributed by atoms with Gasteiger partial charge in [-0.2, -0.15) is 0 Å². The molecule has 0 saturated heterocycles. The molecule has 2 atom stereocenters. The van der Waals surface area contributed by atoms with Crippen LogP contribution in [0.3, 0.4) is 0 Å². The molecule has 0 aromatic heterocycles. The Kier molecular flexibility index (Phi) is 8.72. The molecule has 5 heteroatoms. The molecule has 0 aliphatic heterocycles. The van der Waals surface area contributed by atoms with Crippen molar-refractivity contribution < 1.29 is 44.3 Å². The molecule has 0 aromatic carbocycles. The van der Waals surface area contributed by atoms with Gasteiger partial charge in [-0.1, -0.05) is 13.8 Å². The minimum absolute atomic E-state index is 0. The Morgan fingerprint density at radius 2 is 1.92 bits per heavy atom. The summed E-state index contributed by atoms with van der Waals surface area (Å²) in [7, 11) is 0. The van der Waals surface area contributed by atoms with Crippen LogP contribution in [0.25, 0.3) is 0 Å². The quantitative estimate of drug-likeness (QED) is 0.458. The summed E-state index contributed by atoms with van der Waals surface area (Å²) in [5.74, 6) is -2.53. The van der Waals surface area contributed by atoms with Crippen molar-refractivity contribution in [3.63, 3.8) is 0 Å². The van der Waals surface area contributed by atoms with Crippen LogP contribution in [0.5, 0.6) is 0 Å². The molecule has 0 aromatic rings. The molecule has 0 fully saturated rings. The number of rotatable bonds is 5. The molecule has 0 saturated carbocycles. The monoisotopic (exact) mass is 195 g/mol. The predicted molar refractivity (Wildman–Crippen MR) is 41.8 cm³/mol. The van der Waals surface area contributed by atoms with Crippen LogP contribution in [0.2, 0.25) is 0 Å². The van der Waals surface area contributed by atoms with Gasteiger partial charge in [0.2, 0.25) is 5.91 Å². The fourth-order valence-corrected chi connectivity index (χ4v) is 1.01. The Balaban J connectivity index is 0. The third-order valence-electron chi connectivity index (χ3n) is 1.94. The van der Waals surface area contributed by atoms with E-state index in [2.05, 4.69) is 0 Å². The van der Waals surface area contributed by atoms with Crippen molar-refractivity contribution in [2.24, 2.45) is 17.6 Å². The standard InChI is InChI=1S/C8H15NO3.Na/c1-3-6(7(9)10)4-5(2)8(11)12;/h5-6H,3-4H2,1-2H3,(H2,9,10)(H,11,12);/q;+1/p-1. The van der Waals surface area contributed by atoms with Gasteiger partial charge in [0.1, 0.15) is 0 Å². The van der Waals surface area contributed by atoms with E-state index in [1.165, 1.54) is 6.92 Å². The van der Waals surface area contributed by atoms with E-state index < -0.39 is 17.8 Å². The van der Waals surface area contributed by atoms with Crippen molar-refractivity contribution in [1.82, 2.24) is 0 Å². The average Bonchev–Trinajstić information content (AvgIpc) is 1.98. The molecule has 4 nitrogen and oxygen atoms in total. The smallest absolute Gasteiger partial charge is 0.550 e. The number of nitrogens with two attached hydrogens (primary N) is 1. The van der Waals surface area contributed by atoms with Gasteiger partial charge in [-0.3, -0.25) is 4.79 Å². The van der Waals surface area contributed by atoms with Crippen LogP contribution in [0.1, 0.15) is 26.7 Å². The van der Waals surface area contributed by atoms with Crippen molar-refractivity contribution in [3.05, 3.63) is 0 Å². The summed E-state index contributed by atoms with van der Waals surface area (Å²) >= 11 is 0. The minimum atomic E-state index is -1.13. The van der Waals surface area contributed by atoms with E-state index in [0.29, 0.717) is 6.42 Å². The fraction of sp³-hybridized carbons (Fsp3) is 0.750. The third-order valence-corrected chi connectivity index (χ3v) is 1.94. The molecule has 0 bridgehead atoms. The fourth-order valence-electron chi connectivity index (χ4n) is 1.01. The summed E-state index contributed by atoms with van der Waals surface area (Å²) in [5, 5.41) is 10.3. The average molecular weight is 195 g/mol. The van der Waals surface area contributed by atoms with Crippen LogP contribution in [-0.2, 0) is 9.59 Å². The van der Waals surface area contributed by atoms with Gasteiger partial charge in [0.25, 0.3) is 0 Å². The number of primary amides is 1. The second kappa shape index (κ2) is 7.35. The van der Waals surface area contributed by atoms with Gasteiger partial charge in [-0.05, 0) is 18.8 Å². The number of hydrogen-bond acceptors (Lipinski definition) is 3. The molecule has 0 heterocycles. The van der Waals surface area contributed by atoms with Crippen LogP contribution in [0.15, 0.2) is 0 Å². The molecule has 0 spiro atoms. The molecule has 0 aliphatic carbocycles. The number of carboxylic acids is 1. The maximum absolute atomic E-state index is 10.7. The van der Waals surface area contributed by atoms with Crippen LogP contribution in [0.4, 0.5) is 0 Å². The van der Waals surface area contributed by atoms with E-state index in [0.717, 1.165) is 0 Å². The molecule has 1 amide bonds. The predicted octanol–water partition coefficient (Wildman–Crippen LogP) is -3.72. The Morgan fingerprint density at radius 1 is 1.46 bits per heavy atom. The van der Waals surface area contributed by atoms with Gasteiger partial charge in [0.15, 0.2) is 0 Å². The van der Waals surface area contributed by atoms with Gasteiger partial charge in [0.05, 0.1) is 0 Å². The minimum Gasteiger partial charge on any atom is -0.550 e. The molecule has 0 radical (unpaired) electrons. The molecule has 0 rings (SSSR count). The van der Waals surface area contributed by atoms with Crippen molar-refractivity contribution in [2.75, 3.05) is 0 Å². The normalized spacial score (nSPS) is 14.0. The maximum atomic E-state index is 10.7. The first-order valence-electron chi connectivity index (χ1n) is 3.99. The van der Waals surface area contributed by atoms with E-state index in [4.69, 9.17) is 5.73 Å². The van der Waals surface area contributed by atoms with Gasteiger partial charge in [-0.25, -0.2) is 0 Å². The van der Waals surface area contributed by atoms with E-state index in [-0.39, 0.29) is 41.9 Å². The molecular weight excluding hydrogens is 181 g/mol. The third kappa shape index (κ3) is 6.07. The molecular formula is C8H14NNaO3. The first-order chi connectivity index (χ1) is 5.49. The topological polar surface area (TPSA) is 83.2 Å². The van der Waals surface area contributed by atoms with Crippen molar-refractivity contribution in [1.29, 1.82) is 0 Å². The summed E-state index contributed by atoms with van der Waals surface area (Å²) in [6.45, 7) is 3.32. The van der Waals surface area contributed by atoms with Gasteiger partial charge in [0, 0.05) is 11.9 Å². The Labute approximate surface area is 100 Å². The number of carboxylic acid groups (broad SMARTS) is 1. The van der Waals surface area contributed by atoms with E-state index in [9.17, 15) is 14.7 Å². The van der Waals surface area contributed by atoms with Gasteiger partial charge in [-0.15, -0.1) is 0 Å². The van der Waals surface area contributed by atoms with Crippen LogP contribution in [-0.4, -0.2) is 11.9 Å². The maximum Gasteiger partial charge on any atom is 1.00 e. The largest absolute Gasteiger partial charge is 1.00 e. The van der Waals surface area contributed by atoms with E-state index in [1.807, 2.05) is 0 Å². The number of carbonyl (C=O) groups excluding carboxylic acids is 2. The Bertz CT molecular complexity index is 184. The van der Waals surface area contributed by atoms with Crippen LogP contribution in [0, 0.1) is 11.8 Å². The molecule has 0 aliphatic rings. The van der Waals surface area contributed by atoms with Crippen molar-refractivity contribution in [3.8, 4) is 0 Å². The number of carbonyl (C=O) groups is 2. The molecule has 70 valence electrons. The summed E-state index contributed by atoms with van der Waals surface area (Å²) in [5.41, 5.74) is 5.04. The van der Waals surface area contributed by atoms with Crippen molar-refractivity contribution >= 4 is 11.9 Å².